The number of H-pyrrole nitrogens is 1. The summed E-state index contributed by atoms with van der Waals surface area (Å²) in [6.07, 6.45) is 6.46. The lowest BCUT2D eigenvalue weighted by atomic mass is 10.0. The SMILES string of the molecule is Cl.Clc1ccccc1OCC1CCCCc2[nH]cnc21. The number of fused-ring (bicyclic) bond motifs is 1. The van der Waals surface area contributed by atoms with E-state index in [-0.39, 0.29) is 12.4 Å². The molecule has 1 aliphatic rings. The van der Waals surface area contributed by atoms with Gasteiger partial charge in [0.2, 0.25) is 0 Å². The molecular weight excluding hydrogens is 295 g/mol. The van der Waals surface area contributed by atoms with Crippen LogP contribution < -0.4 is 4.74 Å². The van der Waals surface area contributed by atoms with Crippen molar-refractivity contribution in [2.75, 3.05) is 6.61 Å². The molecule has 0 fully saturated rings. The Morgan fingerprint density at radius 2 is 2.15 bits per heavy atom. The first-order valence-corrected chi connectivity index (χ1v) is 7.12. The molecule has 1 aliphatic carbocycles. The van der Waals surface area contributed by atoms with Gasteiger partial charge in [0.15, 0.2) is 0 Å². The van der Waals surface area contributed by atoms with Gasteiger partial charge >= 0.3 is 0 Å². The molecule has 108 valence electrons. The maximum absolute atomic E-state index is 6.11. The molecule has 0 radical (unpaired) electrons. The molecule has 5 heteroatoms. The zero-order valence-corrected chi connectivity index (χ0v) is 12.7. The van der Waals surface area contributed by atoms with Crippen LogP contribution in [0.3, 0.4) is 0 Å². The van der Waals surface area contributed by atoms with Crippen LogP contribution in [0.4, 0.5) is 0 Å². The highest BCUT2D eigenvalue weighted by Gasteiger charge is 2.21. The third kappa shape index (κ3) is 3.28. The van der Waals surface area contributed by atoms with Crippen molar-refractivity contribution in [1.82, 2.24) is 9.97 Å². The summed E-state index contributed by atoms with van der Waals surface area (Å²) in [5, 5.41) is 0.665. The van der Waals surface area contributed by atoms with E-state index < -0.39 is 0 Å². The minimum atomic E-state index is 0. The number of halogens is 2. The third-order valence-electron chi connectivity index (χ3n) is 3.64. The summed E-state index contributed by atoms with van der Waals surface area (Å²) >= 11 is 6.11. The van der Waals surface area contributed by atoms with Crippen molar-refractivity contribution >= 4 is 24.0 Å². The highest BCUT2D eigenvalue weighted by Crippen LogP contribution is 2.30. The Labute approximate surface area is 130 Å². The van der Waals surface area contributed by atoms with Gasteiger partial charge in [-0.2, -0.15) is 0 Å². The van der Waals surface area contributed by atoms with Crippen molar-refractivity contribution in [3.8, 4) is 5.75 Å². The van der Waals surface area contributed by atoms with E-state index in [2.05, 4.69) is 9.97 Å². The number of imidazole rings is 1. The number of ether oxygens (including phenoxy) is 1. The van der Waals surface area contributed by atoms with Crippen LogP contribution in [-0.2, 0) is 6.42 Å². The zero-order valence-electron chi connectivity index (χ0n) is 11.1. The van der Waals surface area contributed by atoms with Crippen LogP contribution >= 0.6 is 24.0 Å². The van der Waals surface area contributed by atoms with Crippen molar-refractivity contribution < 1.29 is 4.74 Å². The molecule has 0 bridgehead atoms. The van der Waals surface area contributed by atoms with Gasteiger partial charge < -0.3 is 9.72 Å². The number of aromatic amines is 1. The molecule has 0 amide bonds. The van der Waals surface area contributed by atoms with Crippen molar-refractivity contribution in [2.45, 2.75) is 31.6 Å². The first-order chi connectivity index (χ1) is 9.34. The highest BCUT2D eigenvalue weighted by molar-refractivity contribution is 6.32. The largest absolute Gasteiger partial charge is 0.491 e. The molecule has 1 heterocycles. The van der Waals surface area contributed by atoms with E-state index in [0.29, 0.717) is 17.5 Å². The summed E-state index contributed by atoms with van der Waals surface area (Å²) in [5.74, 6) is 1.12. The summed E-state index contributed by atoms with van der Waals surface area (Å²) in [4.78, 5) is 7.71. The second-order valence-corrected chi connectivity index (χ2v) is 5.36. The Hall–Kier alpha value is -1.19. The van der Waals surface area contributed by atoms with Gasteiger partial charge in [0.25, 0.3) is 0 Å². The number of hydrogen-bond acceptors (Lipinski definition) is 2. The Balaban J connectivity index is 0.00000147. The van der Waals surface area contributed by atoms with E-state index in [0.717, 1.165) is 18.6 Å². The van der Waals surface area contributed by atoms with Gasteiger partial charge in [0.1, 0.15) is 5.75 Å². The fourth-order valence-electron chi connectivity index (χ4n) is 2.63. The summed E-state index contributed by atoms with van der Waals surface area (Å²) in [7, 11) is 0. The number of nitrogens with zero attached hydrogens (tertiary/aromatic N) is 1. The first kappa shape index (κ1) is 15.2. The molecular formula is C15H18Cl2N2O. The molecule has 3 nitrogen and oxygen atoms in total. The Kier molecular flexibility index (Phi) is 5.32. The van der Waals surface area contributed by atoms with Crippen molar-refractivity contribution in [1.29, 1.82) is 0 Å². The predicted molar refractivity (Wildman–Crippen MR) is 83.1 cm³/mol. The summed E-state index contributed by atoms with van der Waals surface area (Å²) in [5.41, 5.74) is 2.44. The lowest BCUT2D eigenvalue weighted by molar-refractivity contribution is 0.279. The van der Waals surface area contributed by atoms with Crippen LogP contribution in [0.2, 0.25) is 5.02 Å². The minimum absolute atomic E-state index is 0. The molecule has 1 N–H and O–H groups in total. The van der Waals surface area contributed by atoms with Gasteiger partial charge in [0.05, 0.1) is 23.7 Å². The predicted octanol–water partition coefficient (Wildman–Crippen LogP) is 4.37. The number of para-hydroxylation sites is 1. The highest BCUT2D eigenvalue weighted by atomic mass is 35.5. The number of hydrogen-bond donors (Lipinski definition) is 1. The van der Waals surface area contributed by atoms with Crippen molar-refractivity contribution in [3.05, 3.63) is 47.0 Å². The van der Waals surface area contributed by atoms with Gasteiger partial charge in [0, 0.05) is 11.6 Å². The molecule has 0 aliphatic heterocycles. The van der Waals surface area contributed by atoms with E-state index in [4.69, 9.17) is 16.3 Å². The van der Waals surface area contributed by atoms with Crippen LogP contribution in [0.5, 0.6) is 5.75 Å². The number of benzene rings is 1. The van der Waals surface area contributed by atoms with Gasteiger partial charge in [-0.1, -0.05) is 30.2 Å². The second kappa shape index (κ2) is 7.00. The van der Waals surface area contributed by atoms with Gasteiger partial charge in [-0.15, -0.1) is 12.4 Å². The maximum Gasteiger partial charge on any atom is 0.137 e. The smallest absolute Gasteiger partial charge is 0.137 e. The monoisotopic (exact) mass is 312 g/mol. The summed E-state index contributed by atoms with van der Waals surface area (Å²) in [6.45, 7) is 0.640. The van der Waals surface area contributed by atoms with Crippen molar-refractivity contribution in [3.63, 3.8) is 0 Å². The van der Waals surface area contributed by atoms with E-state index >= 15 is 0 Å². The lowest BCUT2D eigenvalue weighted by Crippen LogP contribution is -2.11. The number of rotatable bonds is 3. The molecule has 0 saturated heterocycles. The van der Waals surface area contributed by atoms with Crippen LogP contribution in [0, 0.1) is 0 Å². The average molecular weight is 313 g/mol. The maximum atomic E-state index is 6.11. The quantitative estimate of drug-likeness (QED) is 0.854. The zero-order chi connectivity index (χ0) is 13.1. The van der Waals surface area contributed by atoms with E-state index in [1.165, 1.54) is 24.2 Å². The fourth-order valence-corrected chi connectivity index (χ4v) is 2.82. The second-order valence-electron chi connectivity index (χ2n) is 4.95. The van der Waals surface area contributed by atoms with E-state index in [1.54, 1.807) is 6.33 Å². The standard InChI is InChI=1S/C15H17ClN2O.ClH/c16-12-6-2-4-8-14(12)19-9-11-5-1-3-7-13-15(11)18-10-17-13;/h2,4,6,8,10-11H,1,3,5,7,9H2,(H,17,18);1H. The van der Waals surface area contributed by atoms with Gasteiger partial charge in [-0.05, 0) is 31.4 Å². The van der Waals surface area contributed by atoms with E-state index in [9.17, 15) is 0 Å². The Morgan fingerprint density at radius 3 is 3.00 bits per heavy atom. The molecule has 1 aromatic heterocycles. The van der Waals surface area contributed by atoms with Crippen molar-refractivity contribution in [2.24, 2.45) is 0 Å². The fraction of sp³-hybridized carbons (Fsp3) is 0.400. The first-order valence-electron chi connectivity index (χ1n) is 6.74. The number of aromatic nitrogens is 2. The van der Waals surface area contributed by atoms with E-state index in [1.807, 2.05) is 24.3 Å². The molecule has 0 spiro atoms. The van der Waals surface area contributed by atoms with Crippen LogP contribution in [0.15, 0.2) is 30.6 Å². The topological polar surface area (TPSA) is 37.9 Å². The normalized spacial score (nSPS) is 17.8. The Morgan fingerprint density at radius 1 is 1.30 bits per heavy atom. The molecule has 20 heavy (non-hydrogen) atoms. The lowest BCUT2D eigenvalue weighted by Gasteiger charge is -2.15. The molecule has 3 rings (SSSR count). The molecule has 1 aromatic carbocycles. The molecule has 1 unspecified atom stereocenters. The number of aryl methyl sites for hydroxylation is 1. The molecule has 1 atom stereocenters. The Bertz CT molecular complexity index is 556. The summed E-state index contributed by atoms with van der Waals surface area (Å²) in [6, 6.07) is 7.61. The van der Waals surface area contributed by atoms with Crippen LogP contribution in [0.25, 0.3) is 0 Å². The molecule has 0 saturated carbocycles. The number of nitrogens with one attached hydrogen (secondary N) is 1. The summed E-state index contributed by atoms with van der Waals surface area (Å²) < 4.78 is 5.87. The van der Waals surface area contributed by atoms with Gasteiger partial charge in [-0.3, -0.25) is 0 Å². The van der Waals surface area contributed by atoms with Crippen LogP contribution in [0.1, 0.15) is 36.6 Å². The van der Waals surface area contributed by atoms with Crippen LogP contribution in [-0.4, -0.2) is 16.6 Å². The average Bonchev–Trinajstić information content (AvgIpc) is 2.80. The minimum Gasteiger partial charge on any atom is -0.491 e. The van der Waals surface area contributed by atoms with Gasteiger partial charge in [-0.25, -0.2) is 4.98 Å². The molecule has 2 aromatic rings. The third-order valence-corrected chi connectivity index (χ3v) is 3.96.